The number of amides is 1. The van der Waals surface area contributed by atoms with E-state index >= 15 is 0 Å². The summed E-state index contributed by atoms with van der Waals surface area (Å²) in [4.78, 5) is 14.7. The van der Waals surface area contributed by atoms with Gasteiger partial charge in [0.1, 0.15) is 0 Å². The smallest absolute Gasteiger partial charge is 0.211 e. The molecular weight excluding hydrogens is 214 g/mol. The minimum absolute atomic E-state index is 0.0529. The Morgan fingerprint density at radius 3 is 2.88 bits per heavy atom. The Morgan fingerprint density at radius 2 is 2.29 bits per heavy atom. The number of hydrogen-bond donors (Lipinski definition) is 2. The summed E-state index contributed by atoms with van der Waals surface area (Å²) in [5, 5.41) is 5.90. The molecule has 0 radical (unpaired) electrons. The van der Waals surface area contributed by atoms with Gasteiger partial charge in [0.2, 0.25) is 6.41 Å². The maximum Gasteiger partial charge on any atom is 0.211 e. The van der Waals surface area contributed by atoms with Gasteiger partial charge in [-0.05, 0) is 43.5 Å². The van der Waals surface area contributed by atoms with Gasteiger partial charge in [-0.1, -0.05) is 13.8 Å². The Balaban J connectivity index is 3.04. The Morgan fingerprint density at radius 1 is 1.53 bits per heavy atom. The van der Waals surface area contributed by atoms with Crippen molar-refractivity contribution in [3.05, 3.63) is 24.0 Å². The van der Waals surface area contributed by atoms with Crippen molar-refractivity contribution in [3.8, 4) is 0 Å². The quantitative estimate of drug-likeness (QED) is 0.710. The monoisotopic (exact) mass is 235 g/mol. The van der Waals surface area contributed by atoms with Gasteiger partial charge in [0, 0.05) is 6.20 Å². The van der Waals surface area contributed by atoms with E-state index in [4.69, 9.17) is 0 Å². The molecule has 0 saturated heterocycles. The normalized spacial score (nSPS) is 14.1. The Bertz CT molecular complexity index is 367. The highest BCUT2D eigenvalue weighted by molar-refractivity contribution is 5.73. The van der Waals surface area contributed by atoms with E-state index in [2.05, 4.69) is 29.5 Å². The van der Waals surface area contributed by atoms with E-state index < -0.39 is 0 Å². The van der Waals surface area contributed by atoms with Crippen molar-refractivity contribution < 1.29 is 4.79 Å². The zero-order valence-electron chi connectivity index (χ0n) is 10.8. The van der Waals surface area contributed by atoms with Crippen LogP contribution in [0.3, 0.4) is 0 Å². The molecule has 0 aliphatic heterocycles. The molecule has 1 heterocycles. The van der Waals surface area contributed by atoms with Gasteiger partial charge in [0.25, 0.3) is 0 Å². The molecule has 94 valence electrons. The van der Waals surface area contributed by atoms with Crippen LogP contribution in [0.4, 0.5) is 5.69 Å². The van der Waals surface area contributed by atoms with Gasteiger partial charge < -0.3 is 10.6 Å². The van der Waals surface area contributed by atoms with Crippen molar-refractivity contribution in [2.45, 2.75) is 32.1 Å². The second-order valence-corrected chi connectivity index (χ2v) is 4.45. The first-order valence-electron chi connectivity index (χ1n) is 5.97. The molecule has 0 saturated carbocycles. The molecule has 0 aliphatic rings. The second-order valence-electron chi connectivity index (χ2n) is 4.45. The van der Waals surface area contributed by atoms with E-state index in [1.54, 1.807) is 12.4 Å². The third-order valence-corrected chi connectivity index (χ3v) is 3.39. The number of rotatable bonds is 7. The molecule has 2 N–H and O–H groups in total. The van der Waals surface area contributed by atoms with Crippen LogP contribution in [0.5, 0.6) is 0 Å². The first-order valence-corrected chi connectivity index (χ1v) is 5.97. The fraction of sp³-hybridized carbons (Fsp3) is 0.538. The zero-order chi connectivity index (χ0) is 12.7. The Kier molecular flexibility index (Phi) is 5.10. The summed E-state index contributed by atoms with van der Waals surface area (Å²) >= 11 is 0. The summed E-state index contributed by atoms with van der Waals surface area (Å²) < 4.78 is 0. The molecule has 0 bridgehead atoms. The molecule has 1 unspecified atom stereocenters. The lowest BCUT2D eigenvalue weighted by molar-refractivity contribution is -0.105. The van der Waals surface area contributed by atoms with E-state index in [0.29, 0.717) is 6.41 Å². The van der Waals surface area contributed by atoms with Crippen LogP contribution >= 0.6 is 0 Å². The number of aromatic nitrogens is 1. The largest absolute Gasteiger partial charge is 0.327 e. The number of anilines is 1. The fourth-order valence-corrected chi connectivity index (χ4v) is 2.00. The molecule has 1 rings (SSSR count). The van der Waals surface area contributed by atoms with E-state index in [9.17, 15) is 4.79 Å². The van der Waals surface area contributed by atoms with E-state index in [1.807, 2.05) is 13.1 Å². The maximum atomic E-state index is 10.6. The standard InChI is InChI=1S/C13H21N3O/c1-4-13(2,6-8-14-3)11-5-7-15-9-12(11)16-10-17/h5,7,9-10,14H,4,6,8H2,1-3H3,(H,16,17). The predicted octanol–water partition coefficient (Wildman–Crippen LogP) is 1.93. The number of nitrogens with zero attached hydrogens (tertiary/aromatic N) is 1. The maximum absolute atomic E-state index is 10.6. The van der Waals surface area contributed by atoms with Gasteiger partial charge in [0.15, 0.2) is 0 Å². The summed E-state index contributed by atoms with van der Waals surface area (Å²) in [5.41, 5.74) is 2.01. The summed E-state index contributed by atoms with van der Waals surface area (Å²) in [6.07, 6.45) is 6.23. The topological polar surface area (TPSA) is 54.0 Å². The number of hydrogen-bond acceptors (Lipinski definition) is 3. The van der Waals surface area contributed by atoms with Gasteiger partial charge >= 0.3 is 0 Å². The highest BCUT2D eigenvalue weighted by Crippen LogP contribution is 2.35. The van der Waals surface area contributed by atoms with Crippen molar-refractivity contribution in [1.82, 2.24) is 10.3 Å². The predicted molar refractivity (Wildman–Crippen MR) is 70.1 cm³/mol. The van der Waals surface area contributed by atoms with Crippen LogP contribution in [-0.2, 0) is 10.2 Å². The van der Waals surface area contributed by atoms with Gasteiger partial charge in [-0.2, -0.15) is 0 Å². The molecular formula is C13H21N3O. The van der Waals surface area contributed by atoms with Gasteiger partial charge in [-0.3, -0.25) is 9.78 Å². The molecule has 1 atom stereocenters. The minimum Gasteiger partial charge on any atom is -0.327 e. The lowest BCUT2D eigenvalue weighted by Crippen LogP contribution is -2.27. The van der Waals surface area contributed by atoms with Crippen molar-refractivity contribution in [2.24, 2.45) is 0 Å². The van der Waals surface area contributed by atoms with Gasteiger partial charge in [0.05, 0.1) is 11.9 Å². The van der Waals surface area contributed by atoms with Crippen LogP contribution in [0.15, 0.2) is 18.5 Å². The molecule has 4 heteroatoms. The van der Waals surface area contributed by atoms with E-state index in [0.717, 1.165) is 30.6 Å². The Hall–Kier alpha value is -1.42. The van der Waals surface area contributed by atoms with Gasteiger partial charge in [-0.15, -0.1) is 0 Å². The summed E-state index contributed by atoms with van der Waals surface area (Å²) in [5.74, 6) is 0. The average Bonchev–Trinajstić information content (AvgIpc) is 2.37. The number of pyridine rings is 1. The SMILES string of the molecule is CCC(C)(CCNC)c1ccncc1NC=O. The van der Waals surface area contributed by atoms with Crippen LogP contribution in [-0.4, -0.2) is 25.0 Å². The first kappa shape index (κ1) is 13.6. The number of nitrogens with one attached hydrogen (secondary N) is 2. The minimum atomic E-state index is 0.0529. The molecule has 1 aromatic heterocycles. The van der Waals surface area contributed by atoms with E-state index in [1.165, 1.54) is 0 Å². The van der Waals surface area contributed by atoms with Crippen molar-refractivity contribution in [2.75, 3.05) is 18.9 Å². The van der Waals surface area contributed by atoms with Crippen LogP contribution in [0.1, 0.15) is 32.3 Å². The second kappa shape index (κ2) is 6.35. The van der Waals surface area contributed by atoms with Gasteiger partial charge in [-0.25, -0.2) is 0 Å². The van der Waals surface area contributed by atoms with E-state index in [-0.39, 0.29) is 5.41 Å². The zero-order valence-corrected chi connectivity index (χ0v) is 10.8. The van der Waals surface area contributed by atoms with Crippen molar-refractivity contribution in [1.29, 1.82) is 0 Å². The Labute approximate surface area is 103 Å². The molecule has 17 heavy (non-hydrogen) atoms. The summed E-state index contributed by atoms with van der Waals surface area (Å²) in [6.45, 7) is 5.34. The fourth-order valence-electron chi connectivity index (χ4n) is 2.00. The third kappa shape index (κ3) is 3.27. The third-order valence-electron chi connectivity index (χ3n) is 3.39. The highest BCUT2D eigenvalue weighted by Gasteiger charge is 2.26. The molecule has 1 aromatic rings. The average molecular weight is 235 g/mol. The van der Waals surface area contributed by atoms with Crippen LogP contribution in [0.25, 0.3) is 0 Å². The van der Waals surface area contributed by atoms with Crippen molar-refractivity contribution in [3.63, 3.8) is 0 Å². The molecule has 4 nitrogen and oxygen atoms in total. The molecule has 0 aromatic carbocycles. The van der Waals surface area contributed by atoms with Crippen LogP contribution in [0, 0.1) is 0 Å². The molecule has 0 spiro atoms. The highest BCUT2D eigenvalue weighted by atomic mass is 16.1. The lowest BCUT2D eigenvalue weighted by Gasteiger charge is -2.30. The molecule has 0 fully saturated rings. The van der Waals surface area contributed by atoms with Crippen LogP contribution < -0.4 is 10.6 Å². The summed E-state index contributed by atoms with van der Waals surface area (Å²) in [6, 6.07) is 1.99. The summed E-state index contributed by atoms with van der Waals surface area (Å²) in [7, 11) is 1.95. The molecule has 1 amide bonds. The lowest BCUT2D eigenvalue weighted by atomic mass is 9.77. The van der Waals surface area contributed by atoms with Crippen LogP contribution in [0.2, 0.25) is 0 Å². The number of carbonyl (C=O) groups excluding carboxylic acids is 1. The van der Waals surface area contributed by atoms with Crippen molar-refractivity contribution >= 4 is 12.1 Å². The first-order chi connectivity index (χ1) is 8.18. The number of carbonyl (C=O) groups is 1. The molecule has 0 aliphatic carbocycles.